The summed E-state index contributed by atoms with van der Waals surface area (Å²) in [7, 11) is -7.92. The smallest absolute Gasteiger partial charge is 0.207 e. The molecule has 29 heavy (non-hydrogen) atoms. The molecule has 8 heteroatoms. The lowest BCUT2D eigenvalue weighted by Crippen LogP contribution is -2.40. The largest absolute Gasteiger partial charge is 0.242 e. The van der Waals surface area contributed by atoms with Crippen molar-refractivity contribution in [2.75, 3.05) is 0 Å². The van der Waals surface area contributed by atoms with Crippen LogP contribution in [0.5, 0.6) is 0 Å². The Kier molecular flexibility index (Phi) is 4.55. The Morgan fingerprint density at radius 3 is 1.69 bits per heavy atom. The zero-order valence-corrected chi connectivity index (χ0v) is 17.9. The van der Waals surface area contributed by atoms with Gasteiger partial charge in [-0.05, 0) is 74.0 Å². The number of sulfonamides is 2. The van der Waals surface area contributed by atoms with Crippen LogP contribution in [-0.2, 0) is 20.0 Å². The van der Waals surface area contributed by atoms with Crippen LogP contribution in [0.4, 0.5) is 0 Å². The molecule has 1 aromatic rings. The first-order valence-corrected chi connectivity index (χ1v) is 13.2. The van der Waals surface area contributed by atoms with Gasteiger partial charge in [0.05, 0.1) is 0 Å². The third kappa shape index (κ3) is 3.50. The first-order valence-electron chi connectivity index (χ1n) is 10.2. The topological polar surface area (TPSA) is 92.3 Å². The summed E-state index contributed by atoms with van der Waals surface area (Å²) in [6.07, 6.45) is 11.9. The second-order valence-electron chi connectivity index (χ2n) is 8.97. The number of rotatable bonds is 6. The highest BCUT2D eigenvalue weighted by Gasteiger charge is 2.41. The molecule has 0 saturated heterocycles. The Morgan fingerprint density at radius 2 is 1.24 bits per heavy atom. The maximum atomic E-state index is 13.2. The van der Waals surface area contributed by atoms with Crippen LogP contribution in [0.15, 0.2) is 52.3 Å². The van der Waals surface area contributed by atoms with E-state index in [0.29, 0.717) is 17.4 Å². The van der Waals surface area contributed by atoms with Gasteiger partial charge in [0, 0.05) is 12.1 Å². The van der Waals surface area contributed by atoms with Gasteiger partial charge in [-0.15, -0.1) is 0 Å². The van der Waals surface area contributed by atoms with E-state index < -0.39 is 20.0 Å². The van der Waals surface area contributed by atoms with Crippen LogP contribution in [-0.4, -0.2) is 28.9 Å². The van der Waals surface area contributed by atoms with E-state index in [1.165, 1.54) is 12.1 Å². The maximum Gasteiger partial charge on any atom is 0.242 e. The molecule has 2 N–H and O–H groups in total. The molecule has 4 aliphatic rings. The van der Waals surface area contributed by atoms with Crippen molar-refractivity contribution in [2.24, 2.45) is 23.7 Å². The first-order chi connectivity index (χ1) is 13.7. The molecule has 0 spiro atoms. The Balaban J connectivity index is 1.45. The lowest BCUT2D eigenvalue weighted by atomic mass is 10.0. The predicted octanol–water partition coefficient (Wildman–Crippen LogP) is 2.48. The molecule has 6 unspecified atom stereocenters. The number of aryl methyl sites for hydroxylation is 1. The van der Waals surface area contributed by atoms with Crippen molar-refractivity contribution in [1.82, 2.24) is 9.44 Å². The van der Waals surface area contributed by atoms with Crippen LogP contribution in [0.3, 0.4) is 0 Å². The fraction of sp³-hybridized carbons (Fsp3) is 0.524. The van der Waals surface area contributed by atoms with Crippen molar-refractivity contribution in [1.29, 1.82) is 0 Å². The summed E-state index contributed by atoms with van der Waals surface area (Å²) < 4.78 is 58.3. The number of hydrogen-bond donors (Lipinski definition) is 2. The summed E-state index contributed by atoms with van der Waals surface area (Å²) in [5.74, 6) is 1.22. The van der Waals surface area contributed by atoms with Crippen molar-refractivity contribution in [3.8, 4) is 0 Å². The van der Waals surface area contributed by atoms with Crippen LogP contribution in [0.2, 0.25) is 0 Å². The van der Waals surface area contributed by atoms with E-state index in [4.69, 9.17) is 0 Å². The number of fused-ring (bicyclic) bond motifs is 4. The van der Waals surface area contributed by atoms with Gasteiger partial charge in [-0.1, -0.05) is 30.4 Å². The summed E-state index contributed by atoms with van der Waals surface area (Å²) in [6.45, 7) is 1.77. The summed E-state index contributed by atoms with van der Waals surface area (Å²) in [5, 5.41) is 0. The fourth-order valence-corrected chi connectivity index (χ4v) is 8.90. The molecular weight excluding hydrogens is 408 g/mol. The quantitative estimate of drug-likeness (QED) is 0.673. The number of nitrogens with one attached hydrogen (secondary N) is 2. The monoisotopic (exact) mass is 434 g/mol. The standard InChI is InChI=1S/C21H26N2O4S2/c1-13-2-7-20(28(24,25)22-18-11-14-3-5-16(18)9-14)21(8-13)29(26,27)23-19-12-15-4-6-17(19)10-15/h2-8,14-19,22-23H,9-12H2,1H3. The Bertz CT molecular complexity index is 1110. The molecule has 5 rings (SSSR count). The van der Waals surface area contributed by atoms with Crippen LogP contribution < -0.4 is 9.44 Å². The maximum absolute atomic E-state index is 13.2. The Morgan fingerprint density at radius 1 is 0.724 bits per heavy atom. The first kappa shape index (κ1) is 19.5. The predicted molar refractivity (Wildman–Crippen MR) is 110 cm³/mol. The molecule has 1 aromatic carbocycles. The van der Waals surface area contributed by atoms with E-state index in [9.17, 15) is 16.8 Å². The van der Waals surface area contributed by atoms with Gasteiger partial charge in [0.15, 0.2) is 0 Å². The molecule has 2 fully saturated rings. The zero-order valence-electron chi connectivity index (χ0n) is 16.3. The van der Waals surface area contributed by atoms with E-state index in [-0.39, 0.29) is 33.7 Å². The van der Waals surface area contributed by atoms with Gasteiger partial charge in [-0.3, -0.25) is 0 Å². The average Bonchev–Trinajstić information content (AvgIpc) is 3.42. The van der Waals surface area contributed by atoms with Gasteiger partial charge in [0.25, 0.3) is 0 Å². The number of allylic oxidation sites excluding steroid dienone is 2. The molecule has 4 aliphatic carbocycles. The summed E-state index contributed by atoms with van der Waals surface area (Å²) in [5.41, 5.74) is 0.708. The second kappa shape index (κ2) is 6.77. The van der Waals surface area contributed by atoms with Crippen molar-refractivity contribution in [3.63, 3.8) is 0 Å². The van der Waals surface area contributed by atoms with Crippen LogP contribution in [0, 0.1) is 30.6 Å². The lowest BCUT2D eigenvalue weighted by Gasteiger charge is -2.23. The van der Waals surface area contributed by atoms with Gasteiger partial charge in [0.1, 0.15) is 9.79 Å². The molecule has 0 radical (unpaired) electrons. The molecule has 0 amide bonds. The van der Waals surface area contributed by atoms with Gasteiger partial charge in [-0.25, -0.2) is 26.3 Å². The van der Waals surface area contributed by atoms with Gasteiger partial charge in [0.2, 0.25) is 20.0 Å². The summed E-state index contributed by atoms with van der Waals surface area (Å²) in [4.78, 5) is -0.323. The van der Waals surface area contributed by atoms with Crippen LogP contribution >= 0.6 is 0 Å². The van der Waals surface area contributed by atoms with Crippen LogP contribution in [0.25, 0.3) is 0 Å². The van der Waals surface area contributed by atoms with E-state index in [1.807, 2.05) is 0 Å². The molecule has 6 atom stereocenters. The zero-order chi connectivity index (χ0) is 20.4. The van der Waals surface area contributed by atoms with Gasteiger partial charge in [-0.2, -0.15) is 0 Å². The fourth-order valence-electron chi connectivity index (χ4n) is 5.41. The summed E-state index contributed by atoms with van der Waals surface area (Å²) in [6, 6.07) is 4.18. The molecule has 156 valence electrons. The van der Waals surface area contributed by atoms with Crippen LogP contribution in [0.1, 0.15) is 31.2 Å². The Labute approximate surface area is 172 Å². The van der Waals surface area contributed by atoms with E-state index in [0.717, 1.165) is 25.7 Å². The minimum atomic E-state index is -3.96. The third-order valence-corrected chi connectivity index (χ3v) is 10.1. The van der Waals surface area contributed by atoms with E-state index in [1.54, 1.807) is 13.0 Å². The van der Waals surface area contributed by atoms with Crippen molar-refractivity contribution in [2.45, 2.75) is 54.5 Å². The van der Waals surface area contributed by atoms with E-state index in [2.05, 4.69) is 33.7 Å². The highest BCUT2D eigenvalue weighted by Crippen LogP contribution is 2.41. The minimum Gasteiger partial charge on any atom is -0.207 e. The molecule has 2 saturated carbocycles. The highest BCUT2D eigenvalue weighted by atomic mass is 32.2. The molecule has 4 bridgehead atoms. The number of benzene rings is 1. The van der Waals surface area contributed by atoms with Crippen molar-refractivity contribution in [3.05, 3.63) is 48.1 Å². The molecular formula is C21H26N2O4S2. The molecule has 0 aliphatic heterocycles. The molecule has 0 aromatic heterocycles. The second-order valence-corrected chi connectivity index (χ2v) is 12.3. The normalized spacial score (nSPS) is 35.1. The third-order valence-electron chi connectivity index (χ3n) is 6.85. The SMILES string of the molecule is Cc1ccc(S(=O)(=O)NC2CC3C=CC2C3)c(S(=O)(=O)NC2CC3C=CC2C3)c1. The average molecular weight is 435 g/mol. The van der Waals surface area contributed by atoms with Gasteiger partial charge >= 0.3 is 0 Å². The molecule has 6 nitrogen and oxygen atoms in total. The lowest BCUT2D eigenvalue weighted by molar-refractivity contribution is 0.495. The van der Waals surface area contributed by atoms with E-state index >= 15 is 0 Å². The van der Waals surface area contributed by atoms with Gasteiger partial charge < -0.3 is 0 Å². The Hall–Kier alpha value is -1.48. The van der Waals surface area contributed by atoms with Crippen molar-refractivity contribution >= 4 is 20.0 Å². The van der Waals surface area contributed by atoms with Crippen molar-refractivity contribution < 1.29 is 16.8 Å². The molecule has 0 heterocycles. The highest BCUT2D eigenvalue weighted by molar-refractivity contribution is 7.92. The number of hydrogen-bond acceptors (Lipinski definition) is 4. The summed E-state index contributed by atoms with van der Waals surface area (Å²) >= 11 is 0. The minimum absolute atomic E-state index is 0.157.